The monoisotopic (exact) mass is 245 g/mol. The summed E-state index contributed by atoms with van der Waals surface area (Å²) in [6.07, 6.45) is 1.62. The molecule has 0 amide bonds. The van der Waals surface area contributed by atoms with Crippen LogP contribution in [-0.4, -0.2) is 15.6 Å². The van der Waals surface area contributed by atoms with Crippen LogP contribution in [0.2, 0.25) is 0 Å². The Balaban J connectivity index is 2.93. The number of rotatable bonds is 2. The van der Waals surface area contributed by atoms with E-state index in [0.717, 1.165) is 11.1 Å². The number of carbonyl (C=O) groups is 1. The summed E-state index contributed by atoms with van der Waals surface area (Å²) in [5, 5.41) is 9.53. The van der Waals surface area contributed by atoms with E-state index in [4.69, 9.17) is 5.11 Å². The first-order chi connectivity index (χ1) is 8.41. The van der Waals surface area contributed by atoms with Crippen LogP contribution >= 0.6 is 0 Å². The highest BCUT2D eigenvalue weighted by Gasteiger charge is 2.11. The van der Waals surface area contributed by atoms with Gasteiger partial charge in [-0.05, 0) is 38.0 Å². The van der Waals surface area contributed by atoms with E-state index in [2.05, 4.69) is 0 Å². The van der Waals surface area contributed by atoms with Crippen molar-refractivity contribution >= 4 is 16.9 Å². The van der Waals surface area contributed by atoms with Gasteiger partial charge in [0, 0.05) is 17.1 Å². The van der Waals surface area contributed by atoms with Crippen LogP contribution in [0.5, 0.6) is 0 Å². The van der Waals surface area contributed by atoms with E-state index in [0.29, 0.717) is 16.5 Å². The Labute approximate surface area is 104 Å². The average Bonchev–Trinajstić information content (AvgIpc) is 2.28. The smallest absolute Gasteiger partial charge is 0.323 e. The average molecular weight is 245 g/mol. The number of hydrogen-bond acceptors (Lipinski definition) is 2. The molecule has 0 atom stereocenters. The van der Waals surface area contributed by atoms with E-state index in [9.17, 15) is 9.59 Å². The molecule has 1 aromatic heterocycles. The highest BCUT2D eigenvalue weighted by Crippen LogP contribution is 2.19. The van der Waals surface area contributed by atoms with Crippen molar-refractivity contribution in [1.82, 2.24) is 4.57 Å². The van der Waals surface area contributed by atoms with E-state index >= 15 is 0 Å². The van der Waals surface area contributed by atoms with Crippen molar-refractivity contribution in [3.05, 3.63) is 45.2 Å². The minimum absolute atomic E-state index is 0.0326. The van der Waals surface area contributed by atoms with Crippen LogP contribution in [0.25, 0.3) is 10.9 Å². The molecule has 0 aliphatic carbocycles. The summed E-state index contributed by atoms with van der Waals surface area (Å²) in [7, 11) is 0. The Morgan fingerprint density at radius 1 is 1.22 bits per heavy atom. The van der Waals surface area contributed by atoms with Gasteiger partial charge < -0.3 is 9.67 Å². The highest BCUT2D eigenvalue weighted by molar-refractivity contribution is 5.84. The third kappa shape index (κ3) is 1.90. The molecule has 1 N–H and O–H groups in total. The first kappa shape index (κ1) is 12.4. The molecule has 1 aromatic carbocycles. The maximum Gasteiger partial charge on any atom is 0.323 e. The zero-order valence-electron chi connectivity index (χ0n) is 10.7. The minimum atomic E-state index is -0.916. The van der Waals surface area contributed by atoms with Crippen LogP contribution < -0.4 is 5.43 Å². The summed E-state index contributed by atoms with van der Waals surface area (Å²) < 4.78 is 1.64. The van der Waals surface area contributed by atoms with Crippen molar-refractivity contribution < 1.29 is 9.90 Å². The lowest BCUT2D eigenvalue weighted by Crippen LogP contribution is -2.17. The van der Waals surface area contributed by atoms with Crippen LogP contribution in [0.3, 0.4) is 0 Å². The van der Waals surface area contributed by atoms with Gasteiger partial charge in [-0.15, -0.1) is 0 Å². The topological polar surface area (TPSA) is 59.3 Å². The van der Waals surface area contributed by atoms with Crippen molar-refractivity contribution in [2.75, 3.05) is 0 Å². The Hall–Kier alpha value is -2.10. The summed E-state index contributed by atoms with van der Waals surface area (Å²) in [5.74, 6) is -0.916. The number of aryl methyl sites for hydroxylation is 3. The molecule has 4 heteroatoms. The Morgan fingerprint density at radius 3 is 2.50 bits per heavy atom. The number of fused-ring (bicyclic) bond motifs is 1. The van der Waals surface area contributed by atoms with Gasteiger partial charge in [0.15, 0.2) is 5.43 Å². The molecule has 0 saturated carbocycles. The number of aromatic nitrogens is 1. The lowest BCUT2D eigenvalue weighted by molar-refractivity contribution is -0.137. The maximum absolute atomic E-state index is 12.1. The molecule has 0 unspecified atom stereocenters. The predicted octanol–water partition coefficient (Wildman–Crippen LogP) is 2.01. The molecule has 18 heavy (non-hydrogen) atoms. The molecule has 0 spiro atoms. The molecule has 0 fully saturated rings. The highest BCUT2D eigenvalue weighted by atomic mass is 16.4. The fourth-order valence-electron chi connectivity index (χ4n) is 2.19. The summed E-state index contributed by atoms with van der Waals surface area (Å²) >= 11 is 0. The van der Waals surface area contributed by atoms with Gasteiger partial charge >= 0.3 is 5.97 Å². The van der Waals surface area contributed by atoms with E-state index in [1.807, 2.05) is 19.9 Å². The van der Waals surface area contributed by atoms with Crippen LogP contribution in [0.15, 0.2) is 23.1 Å². The summed E-state index contributed by atoms with van der Waals surface area (Å²) in [6.45, 7) is 5.42. The SMILES string of the molecule is Cc1ccc2c(=O)c(C)cn(CC(=O)O)c2c1C. The summed E-state index contributed by atoms with van der Waals surface area (Å²) in [4.78, 5) is 23.0. The first-order valence-electron chi connectivity index (χ1n) is 5.73. The van der Waals surface area contributed by atoms with Crippen molar-refractivity contribution in [1.29, 1.82) is 0 Å². The van der Waals surface area contributed by atoms with Gasteiger partial charge in [0.25, 0.3) is 0 Å². The number of aliphatic carboxylic acids is 1. The lowest BCUT2D eigenvalue weighted by atomic mass is 10.0. The van der Waals surface area contributed by atoms with Crippen LogP contribution in [-0.2, 0) is 11.3 Å². The zero-order valence-corrected chi connectivity index (χ0v) is 10.7. The Bertz CT molecular complexity index is 698. The zero-order chi connectivity index (χ0) is 13.4. The van der Waals surface area contributed by atoms with E-state index < -0.39 is 5.97 Å². The van der Waals surface area contributed by atoms with Gasteiger partial charge in [-0.3, -0.25) is 9.59 Å². The molecule has 0 aliphatic rings. The van der Waals surface area contributed by atoms with Crippen molar-refractivity contribution in [3.8, 4) is 0 Å². The van der Waals surface area contributed by atoms with Crippen molar-refractivity contribution in [3.63, 3.8) is 0 Å². The number of hydrogen-bond donors (Lipinski definition) is 1. The molecule has 94 valence electrons. The predicted molar refractivity (Wildman–Crippen MR) is 70.1 cm³/mol. The number of carboxylic acid groups (broad SMARTS) is 1. The van der Waals surface area contributed by atoms with Crippen molar-refractivity contribution in [2.24, 2.45) is 0 Å². The maximum atomic E-state index is 12.1. The van der Waals surface area contributed by atoms with Crippen LogP contribution in [0, 0.1) is 20.8 Å². The quantitative estimate of drug-likeness (QED) is 0.880. The normalized spacial score (nSPS) is 10.8. The Kier molecular flexibility index (Phi) is 2.95. The third-order valence-electron chi connectivity index (χ3n) is 3.25. The molecule has 0 bridgehead atoms. The summed E-state index contributed by atoms with van der Waals surface area (Å²) in [6, 6.07) is 3.66. The fourth-order valence-corrected chi connectivity index (χ4v) is 2.19. The number of carboxylic acids is 1. The minimum Gasteiger partial charge on any atom is -0.480 e. The summed E-state index contributed by atoms with van der Waals surface area (Å²) in [5.41, 5.74) is 3.24. The largest absolute Gasteiger partial charge is 0.480 e. The number of benzene rings is 1. The second-order valence-electron chi connectivity index (χ2n) is 4.57. The van der Waals surface area contributed by atoms with Crippen molar-refractivity contribution in [2.45, 2.75) is 27.3 Å². The van der Waals surface area contributed by atoms with Gasteiger partial charge in [0.1, 0.15) is 6.54 Å². The molecule has 0 radical (unpaired) electrons. The number of nitrogens with zero attached hydrogens (tertiary/aromatic N) is 1. The standard InChI is InChI=1S/C14H15NO3/c1-8-4-5-11-13(10(8)3)15(7-12(16)17)6-9(2)14(11)18/h4-6H,7H2,1-3H3,(H,16,17). The second-order valence-corrected chi connectivity index (χ2v) is 4.57. The lowest BCUT2D eigenvalue weighted by Gasteiger charge is -2.13. The molecule has 0 saturated heterocycles. The number of pyridine rings is 1. The Morgan fingerprint density at radius 2 is 1.89 bits per heavy atom. The molecular weight excluding hydrogens is 230 g/mol. The fraction of sp³-hybridized carbons (Fsp3) is 0.286. The van der Waals surface area contributed by atoms with E-state index in [1.165, 1.54) is 0 Å². The molecule has 2 rings (SSSR count). The van der Waals surface area contributed by atoms with E-state index in [-0.39, 0.29) is 12.0 Å². The van der Waals surface area contributed by atoms with Gasteiger partial charge in [0.2, 0.25) is 0 Å². The molecule has 4 nitrogen and oxygen atoms in total. The van der Waals surface area contributed by atoms with Gasteiger partial charge in [-0.2, -0.15) is 0 Å². The molecular formula is C14H15NO3. The van der Waals surface area contributed by atoms with Gasteiger partial charge in [0.05, 0.1) is 5.52 Å². The third-order valence-corrected chi connectivity index (χ3v) is 3.25. The molecule has 1 heterocycles. The van der Waals surface area contributed by atoms with Gasteiger partial charge in [-0.25, -0.2) is 0 Å². The molecule has 2 aromatic rings. The van der Waals surface area contributed by atoms with Gasteiger partial charge in [-0.1, -0.05) is 6.07 Å². The van der Waals surface area contributed by atoms with Crippen LogP contribution in [0.1, 0.15) is 16.7 Å². The second kappa shape index (κ2) is 4.29. The van der Waals surface area contributed by atoms with E-state index in [1.54, 1.807) is 23.8 Å². The first-order valence-corrected chi connectivity index (χ1v) is 5.73. The van der Waals surface area contributed by atoms with Crippen LogP contribution in [0.4, 0.5) is 0 Å². The molecule has 0 aliphatic heterocycles.